The molecule has 23 heavy (non-hydrogen) atoms. The van der Waals surface area contributed by atoms with Crippen LogP contribution in [-0.4, -0.2) is 14.4 Å². The van der Waals surface area contributed by atoms with Gasteiger partial charge in [-0.25, -0.2) is 14.4 Å². The van der Waals surface area contributed by atoms with Gasteiger partial charge in [-0.2, -0.15) is 9.65 Å². The van der Waals surface area contributed by atoms with Gasteiger partial charge in [0.15, 0.2) is 5.65 Å². The third-order valence-corrected chi connectivity index (χ3v) is 3.63. The molecule has 0 saturated carbocycles. The molecule has 0 aliphatic rings. The first kappa shape index (κ1) is 15.2. The van der Waals surface area contributed by atoms with Crippen molar-refractivity contribution < 1.29 is 8.78 Å². The number of rotatable bonds is 1. The van der Waals surface area contributed by atoms with Gasteiger partial charge in [-0.05, 0) is 41.1 Å². The maximum Gasteiger partial charge on any atom is 0.294 e. The van der Waals surface area contributed by atoms with Crippen molar-refractivity contribution in [3.63, 3.8) is 0 Å². The summed E-state index contributed by atoms with van der Waals surface area (Å²) in [5.74, 6) is -1.67. The van der Waals surface area contributed by atoms with E-state index in [-0.39, 0.29) is 32.8 Å². The van der Waals surface area contributed by atoms with Crippen molar-refractivity contribution in [1.82, 2.24) is 14.4 Å². The van der Waals surface area contributed by atoms with Crippen molar-refractivity contribution in [3.8, 4) is 17.3 Å². The van der Waals surface area contributed by atoms with Gasteiger partial charge >= 0.3 is 0 Å². The molecule has 0 bridgehead atoms. The van der Waals surface area contributed by atoms with Crippen molar-refractivity contribution in [2.24, 2.45) is 0 Å². The van der Waals surface area contributed by atoms with Crippen LogP contribution in [-0.2, 0) is 0 Å². The fourth-order valence-corrected chi connectivity index (χ4v) is 2.54. The van der Waals surface area contributed by atoms with E-state index in [0.717, 1.165) is 10.5 Å². The molecule has 2 heterocycles. The van der Waals surface area contributed by atoms with Crippen LogP contribution in [0.3, 0.4) is 0 Å². The summed E-state index contributed by atoms with van der Waals surface area (Å²) in [5, 5.41) is 8.80. The predicted octanol–water partition coefficient (Wildman–Crippen LogP) is 2.98. The smallest absolute Gasteiger partial charge is 0.265 e. The second-order valence-electron chi connectivity index (χ2n) is 4.73. The molecule has 5 nitrogen and oxygen atoms in total. The van der Waals surface area contributed by atoms with Crippen LogP contribution in [0.1, 0.15) is 11.3 Å². The molecule has 3 aromatic rings. The van der Waals surface area contributed by atoms with Gasteiger partial charge in [-0.1, -0.05) is 0 Å². The van der Waals surface area contributed by atoms with E-state index >= 15 is 0 Å². The molecular formula is C15H7BrF2N4O. The summed E-state index contributed by atoms with van der Waals surface area (Å²) in [6.45, 7) is 1.34. The van der Waals surface area contributed by atoms with Gasteiger partial charge in [0.1, 0.15) is 16.1 Å². The lowest BCUT2D eigenvalue weighted by Gasteiger charge is -2.09. The van der Waals surface area contributed by atoms with E-state index in [1.54, 1.807) is 0 Å². The Morgan fingerprint density at radius 1 is 1.30 bits per heavy atom. The number of aryl methyl sites for hydroxylation is 1. The molecule has 3 rings (SSSR count). The molecule has 114 valence electrons. The topological polar surface area (TPSA) is 71.1 Å². The molecule has 0 N–H and O–H groups in total. The molecule has 0 radical (unpaired) electrons. The van der Waals surface area contributed by atoms with Crippen molar-refractivity contribution in [2.75, 3.05) is 0 Å². The minimum Gasteiger partial charge on any atom is -0.265 e. The SMILES string of the molecule is Cc1nc2c(-c3ccc(C#N)cc3F)nc(Br)cn2c(=O)c1F. The highest BCUT2D eigenvalue weighted by molar-refractivity contribution is 9.10. The first-order valence-corrected chi connectivity index (χ1v) is 7.16. The zero-order chi connectivity index (χ0) is 16.7. The van der Waals surface area contributed by atoms with Crippen LogP contribution in [0.4, 0.5) is 8.78 Å². The molecule has 8 heteroatoms. The molecule has 1 aromatic carbocycles. The summed E-state index contributed by atoms with van der Waals surface area (Å²) < 4.78 is 29.2. The Balaban J connectivity index is 2.43. The molecule has 2 aromatic heterocycles. The third-order valence-electron chi connectivity index (χ3n) is 3.25. The largest absolute Gasteiger partial charge is 0.294 e. The van der Waals surface area contributed by atoms with Gasteiger partial charge < -0.3 is 0 Å². The summed E-state index contributed by atoms with van der Waals surface area (Å²) in [7, 11) is 0. The van der Waals surface area contributed by atoms with Gasteiger partial charge in [0.2, 0.25) is 5.82 Å². The van der Waals surface area contributed by atoms with Gasteiger partial charge in [-0.15, -0.1) is 0 Å². The van der Waals surface area contributed by atoms with E-state index in [1.165, 1.54) is 25.3 Å². The molecule has 0 atom stereocenters. The molecule has 0 saturated heterocycles. The normalized spacial score (nSPS) is 10.7. The number of nitriles is 1. The van der Waals surface area contributed by atoms with Crippen LogP contribution in [0.5, 0.6) is 0 Å². The van der Waals surface area contributed by atoms with E-state index in [0.29, 0.717) is 0 Å². The molecule has 0 fully saturated rings. The van der Waals surface area contributed by atoms with E-state index in [4.69, 9.17) is 5.26 Å². The van der Waals surface area contributed by atoms with Crippen LogP contribution < -0.4 is 5.56 Å². The molecule has 0 aliphatic heterocycles. The summed E-state index contributed by atoms with van der Waals surface area (Å²) in [4.78, 5) is 20.2. The lowest BCUT2D eigenvalue weighted by molar-refractivity contribution is 0.585. The van der Waals surface area contributed by atoms with E-state index in [2.05, 4.69) is 25.9 Å². The van der Waals surface area contributed by atoms with Crippen LogP contribution in [0, 0.1) is 29.9 Å². The Morgan fingerprint density at radius 3 is 2.70 bits per heavy atom. The molecular weight excluding hydrogens is 370 g/mol. The van der Waals surface area contributed by atoms with Gasteiger partial charge in [-0.3, -0.25) is 9.20 Å². The van der Waals surface area contributed by atoms with Crippen LogP contribution in [0.2, 0.25) is 0 Å². The lowest BCUT2D eigenvalue weighted by Crippen LogP contribution is -2.21. The van der Waals surface area contributed by atoms with E-state index in [1.807, 2.05) is 6.07 Å². The van der Waals surface area contributed by atoms with E-state index < -0.39 is 17.2 Å². The third kappa shape index (κ3) is 2.49. The minimum atomic E-state index is -0.980. The number of fused-ring (bicyclic) bond motifs is 1. The summed E-state index contributed by atoms with van der Waals surface area (Å²) in [5.41, 5.74) is -0.693. The average Bonchev–Trinajstić information content (AvgIpc) is 2.53. The fourth-order valence-electron chi connectivity index (χ4n) is 2.15. The second kappa shape index (κ2) is 5.52. The summed E-state index contributed by atoms with van der Waals surface area (Å²) in [6, 6.07) is 5.68. The monoisotopic (exact) mass is 376 g/mol. The maximum atomic E-state index is 14.3. The van der Waals surface area contributed by atoms with Gasteiger partial charge in [0.25, 0.3) is 5.56 Å². The van der Waals surface area contributed by atoms with Crippen LogP contribution in [0.15, 0.2) is 33.8 Å². The lowest BCUT2D eigenvalue weighted by atomic mass is 10.1. The fraction of sp³-hybridized carbons (Fsp3) is 0.0667. The first-order valence-electron chi connectivity index (χ1n) is 6.37. The van der Waals surface area contributed by atoms with Gasteiger partial charge in [0.05, 0.1) is 17.3 Å². The van der Waals surface area contributed by atoms with Crippen LogP contribution in [0.25, 0.3) is 16.9 Å². The standard InChI is InChI=1S/C15H7BrF2N4O/c1-7-12(18)15(23)22-6-11(16)21-13(14(22)20-7)9-3-2-8(5-19)4-10(9)17/h2-4,6H,1H3. The molecule has 0 aliphatic carbocycles. The maximum absolute atomic E-state index is 14.3. The van der Waals surface area contributed by atoms with Gasteiger partial charge in [0, 0.05) is 11.8 Å². The van der Waals surface area contributed by atoms with E-state index in [9.17, 15) is 13.6 Å². The second-order valence-corrected chi connectivity index (χ2v) is 5.54. The zero-order valence-electron chi connectivity index (χ0n) is 11.6. The Hall–Kier alpha value is -2.66. The van der Waals surface area contributed by atoms with Crippen molar-refractivity contribution in [1.29, 1.82) is 5.26 Å². The Bertz CT molecular complexity index is 1060. The minimum absolute atomic E-state index is 0.0284. The highest BCUT2D eigenvalue weighted by Gasteiger charge is 2.17. The highest BCUT2D eigenvalue weighted by Crippen LogP contribution is 2.26. The van der Waals surface area contributed by atoms with Crippen molar-refractivity contribution in [3.05, 3.63) is 62.2 Å². The summed E-state index contributed by atoms with van der Waals surface area (Å²) >= 11 is 3.11. The predicted molar refractivity (Wildman–Crippen MR) is 81.8 cm³/mol. The number of nitrogens with zero attached hydrogens (tertiary/aromatic N) is 4. The number of benzene rings is 1. The Kier molecular flexibility index (Phi) is 3.66. The highest BCUT2D eigenvalue weighted by atomic mass is 79.9. The summed E-state index contributed by atoms with van der Waals surface area (Å²) in [6.07, 6.45) is 1.26. The number of hydrogen-bond acceptors (Lipinski definition) is 4. The zero-order valence-corrected chi connectivity index (χ0v) is 13.2. The molecule has 0 amide bonds. The number of hydrogen-bond donors (Lipinski definition) is 0. The van der Waals surface area contributed by atoms with Crippen LogP contribution >= 0.6 is 15.9 Å². The quantitative estimate of drug-likeness (QED) is 0.654. The molecule has 0 spiro atoms. The Morgan fingerprint density at radius 2 is 2.04 bits per heavy atom. The molecule has 0 unspecified atom stereocenters. The number of aromatic nitrogens is 3. The Labute approximate surface area is 137 Å². The first-order chi connectivity index (χ1) is 10.9. The van der Waals surface area contributed by atoms with Crippen molar-refractivity contribution >= 4 is 21.6 Å². The van der Waals surface area contributed by atoms with Crippen molar-refractivity contribution in [2.45, 2.75) is 6.92 Å². The number of halogens is 3. The average molecular weight is 377 g/mol.